The molecular formula is C18H18BrN5OS. The van der Waals surface area contributed by atoms with Crippen molar-refractivity contribution in [3.8, 4) is 5.69 Å². The molecule has 1 heterocycles. The number of aromatic nitrogens is 3. The molecule has 0 aliphatic heterocycles. The Kier molecular flexibility index (Phi) is 5.95. The van der Waals surface area contributed by atoms with Crippen LogP contribution in [0.4, 0.5) is 5.69 Å². The zero-order valence-corrected chi connectivity index (χ0v) is 16.5. The van der Waals surface area contributed by atoms with Crippen LogP contribution in [0, 0.1) is 0 Å². The van der Waals surface area contributed by atoms with E-state index in [0.29, 0.717) is 5.16 Å². The summed E-state index contributed by atoms with van der Waals surface area (Å²) in [5.74, 6) is 0.519. The second kappa shape index (κ2) is 8.37. The lowest BCUT2D eigenvalue weighted by molar-refractivity contribution is -0.115. The number of halogens is 1. The Balaban J connectivity index is 1.92. The standard InChI is InChI=1S/C18H18BrN5OS/c1-12(21-14-9-7-13(19)8-10-14)17-22-23-18(26-11-16(20)25)24(17)15-5-3-2-4-6-15/h2-10,12,21H,11H2,1H3,(H2,20,25)/t12-/m1/s1. The highest BCUT2D eigenvalue weighted by Gasteiger charge is 2.20. The summed E-state index contributed by atoms with van der Waals surface area (Å²) < 4.78 is 2.97. The van der Waals surface area contributed by atoms with Crippen LogP contribution >= 0.6 is 27.7 Å². The van der Waals surface area contributed by atoms with Crippen LogP contribution in [0.15, 0.2) is 64.2 Å². The monoisotopic (exact) mass is 431 g/mol. The molecule has 2 aromatic carbocycles. The van der Waals surface area contributed by atoms with Crippen molar-refractivity contribution >= 4 is 39.3 Å². The third kappa shape index (κ3) is 4.44. The van der Waals surface area contributed by atoms with Crippen molar-refractivity contribution in [2.24, 2.45) is 5.73 Å². The molecular weight excluding hydrogens is 414 g/mol. The number of carbonyl (C=O) groups excluding carboxylic acids is 1. The normalized spacial score (nSPS) is 11.9. The third-order valence-corrected chi connectivity index (χ3v) is 5.11. The first-order valence-electron chi connectivity index (χ1n) is 7.98. The molecule has 6 nitrogen and oxygen atoms in total. The average molecular weight is 432 g/mol. The van der Waals surface area contributed by atoms with Crippen LogP contribution in [-0.2, 0) is 4.79 Å². The third-order valence-electron chi connectivity index (χ3n) is 3.63. The molecule has 0 bridgehead atoms. The van der Waals surface area contributed by atoms with Gasteiger partial charge in [-0.15, -0.1) is 10.2 Å². The van der Waals surface area contributed by atoms with Gasteiger partial charge in [-0.25, -0.2) is 0 Å². The number of nitrogens with two attached hydrogens (primary N) is 1. The van der Waals surface area contributed by atoms with E-state index in [0.717, 1.165) is 21.7 Å². The first-order valence-corrected chi connectivity index (χ1v) is 9.76. The Hall–Kier alpha value is -2.32. The van der Waals surface area contributed by atoms with Gasteiger partial charge in [-0.05, 0) is 43.3 Å². The van der Waals surface area contributed by atoms with E-state index in [4.69, 9.17) is 5.73 Å². The molecule has 134 valence electrons. The van der Waals surface area contributed by atoms with Crippen LogP contribution in [-0.4, -0.2) is 26.4 Å². The van der Waals surface area contributed by atoms with Crippen LogP contribution in [0.3, 0.4) is 0 Å². The Morgan fingerprint density at radius 2 is 1.88 bits per heavy atom. The summed E-state index contributed by atoms with van der Waals surface area (Å²) in [5, 5.41) is 12.7. The second-order valence-electron chi connectivity index (χ2n) is 5.64. The van der Waals surface area contributed by atoms with Gasteiger partial charge in [-0.2, -0.15) is 0 Å². The number of nitrogens with zero attached hydrogens (tertiary/aromatic N) is 3. The van der Waals surface area contributed by atoms with E-state index in [-0.39, 0.29) is 17.7 Å². The summed E-state index contributed by atoms with van der Waals surface area (Å²) in [6, 6.07) is 17.7. The maximum Gasteiger partial charge on any atom is 0.227 e. The smallest absolute Gasteiger partial charge is 0.227 e. The second-order valence-corrected chi connectivity index (χ2v) is 7.50. The first-order chi connectivity index (χ1) is 12.5. The predicted molar refractivity (Wildman–Crippen MR) is 107 cm³/mol. The fourth-order valence-corrected chi connectivity index (χ4v) is 3.43. The molecule has 3 aromatic rings. The molecule has 8 heteroatoms. The topological polar surface area (TPSA) is 85.8 Å². The number of hydrogen-bond acceptors (Lipinski definition) is 5. The quantitative estimate of drug-likeness (QED) is 0.555. The molecule has 0 unspecified atom stereocenters. The number of benzene rings is 2. The van der Waals surface area contributed by atoms with Crippen LogP contribution in [0.25, 0.3) is 5.69 Å². The van der Waals surface area contributed by atoms with Crippen molar-refractivity contribution in [2.45, 2.75) is 18.1 Å². The van der Waals surface area contributed by atoms with Gasteiger partial charge in [0.1, 0.15) is 0 Å². The maximum absolute atomic E-state index is 11.2. The Morgan fingerprint density at radius 3 is 2.54 bits per heavy atom. The van der Waals surface area contributed by atoms with Crippen molar-refractivity contribution in [3.05, 3.63) is 64.9 Å². The molecule has 1 amide bonds. The minimum absolute atomic E-state index is 0.0909. The zero-order valence-electron chi connectivity index (χ0n) is 14.1. The van der Waals surface area contributed by atoms with E-state index in [2.05, 4.69) is 31.4 Å². The minimum Gasteiger partial charge on any atom is -0.375 e. The Labute approximate surface area is 164 Å². The number of amides is 1. The molecule has 0 saturated carbocycles. The maximum atomic E-state index is 11.2. The van der Waals surface area contributed by atoms with Gasteiger partial charge >= 0.3 is 0 Å². The summed E-state index contributed by atoms with van der Waals surface area (Å²) in [7, 11) is 0. The fraction of sp³-hybridized carbons (Fsp3) is 0.167. The van der Waals surface area contributed by atoms with Gasteiger partial charge in [0.15, 0.2) is 11.0 Å². The number of primary amides is 1. The largest absolute Gasteiger partial charge is 0.375 e. The number of carbonyl (C=O) groups is 1. The number of nitrogens with one attached hydrogen (secondary N) is 1. The van der Waals surface area contributed by atoms with Gasteiger partial charge in [0, 0.05) is 15.8 Å². The van der Waals surface area contributed by atoms with E-state index >= 15 is 0 Å². The lowest BCUT2D eigenvalue weighted by Crippen LogP contribution is -2.15. The number of para-hydroxylation sites is 1. The van der Waals surface area contributed by atoms with Crippen LogP contribution in [0.5, 0.6) is 0 Å². The molecule has 1 atom stereocenters. The van der Waals surface area contributed by atoms with E-state index < -0.39 is 0 Å². The predicted octanol–water partition coefficient (Wildman–Crippen LogP) is 3.78. The number of hydrogen-bond donors (Lipinski definition) is 2. The first kappa shape index (κ1) is 18.5. The van der Waals surface area contributed by atoms with Crippen molar-refractivity contribution < 1.29 is 4.79 Å². The number of rotatable bonds is 7. The van der Waals surface area contributed by atoms with Crippen molar-refractivity contribution in [2.75, 3.05) is 11.1 Å². The van der Waals surface area contributed by atoms with Gasteiger partial charge in [-0.1, -0.05) is 45.9 Å². The molecule has 0 aliphatic carbocycles. The van der Waals surface area contributed by atoms with Gasteiger partial charge < -0.3 is 11.1 Å². The summed E-state index contributed by atoms with van der Waals surface area (Å²) >= 11 is 4.71. The molecule has 0 fully saturated rings. The summed E-state index contributed by atoms with van der Waals surface area (Å²) in [4.78, 5) is 11.2. The van der Waals surface area contributed by atoms with Crippen molar-refractivity contribution in [3.63, 3.8) is 0 Å². The highest BCUT2D eigenvalue weighted by atomic mass is 79.9. The lowest BCUT2D eigenvalue weighted by Gasteiger charge is -2.17. The fourth-order valence-electron chi connectivity index (χ4n) is 2.47. The molecule has 1 aromatic heterocycles. The number of anilines is 1. The zero-order chi connectivity index (χ0) is 18.5. The van der Waals surface area contributed by atoms with E-state index in [9.17, 15) is 4.79 Å². The van der Waals surface area contributed by atoms with Crippen LogP contribution in [0.2, 0.25) is 0 Å². The molecule has 3 rings (SSSR count). The van der Waals surface area contributed by atoms with Gasteiger partial charge in [0.2, 0.25) is 5.91 Å². The summed E-state index contributed by atoms with van der Waals surface area (Å²) in [6.07, 6.45) is 0. The number of thioether (sulfide) groups is 1. The SMILES string of the molecule is C[C@@H](Nc1ccc(Br)cc1)c1nnc(SCC(N)=O)n1-c1ccccc1. The molecule has 3 N–H and O–H groups in total. The minimum atomic E-state index is -0.389. The van der Waals surface area contributed by atoms with Gasteiger partial charge in [-0.3, -0.25) is 9.36 Å². The highest BCUT2D eigenvalue weighted by Crippen LogP contribution is 2.27. The van der Waals surface area contributed by atoms with Gasteiger partial charge in [0.05, 0.1) is 11.8 Å². The molecule has 0 saturated heterocycles. The molecule has 0 radical (unpaired) electrons. The van der Waals surface area contributed by atoms with Crippen LogP contribution in [0.1, 0.15) is 18.8 Å². The summed E-state index contributed by atoms with van der Waals surface area (Å²) in [5.41, 5.74) is 7.19. The van der Waals surface area contributed by atoms with Crippen LogP contribution < -0.4 is 11.1 Å². The van der Waals surface area contributed by atoms with Crippen molar-refractivity contribution in [1.29, 1.82) is 0 Å². The van der Waals surface area contributed by atoms with E-state index in [1.807, 2.05) is 66.1 Å². The van der Waals surface area contributed by atoms with Crippen molar-refractivity contribution in [1.82, 2.24) is 14.8 Å². The molecule has 26 heavy (non-hydrogen) atoms. The molecule has 0 aliphatic rings. The van der Waals surface area contributed by atoms with E-state index in [1.54, 1.807) is 0 Å². The highest BCUT2D eigenvalue weighted by molar-refractivity contribution is 9.10. The average Bonchev–Trinajstić information content (AvgIpc) is 3.06. The summed E-state index contributed by atoms with van der Waals surface area (Å²) in [6.45, 7) is 2.02. The Morgan fingerprint density at radius 1 is 1.19 bits per heavy atom. The molecule has 0 spiro atoms. The van der Waals surface area contributed by atoms with Gasteiger partial charge in [0.25, 0.3) is 0 Å². The Bertz CT molecular complexity index is 882. The van der Waals surface area contributed by atoms with E-state index in [1.165, 1.54) is 11.8 Å². The lowest BCUT2D eigenvalue weighted by atomic mass is 10.2.